The molecule has 1 aromatic heterocycles. The van der Waals surface area contributed by atoms with Crippen molar-refractivity contribution in [3.05, 3.63) is 78.1 Å². The Balaban J connectivity index is 1.41. The van der Waals surface area contributed by atoms with Crippen molar-refractivity contribution in [3.8, 4) is 5.75 Å². The zero-order valence-corrected chi connectivity index (χ0v) is 16.7. The largest absolute Gasteiger partial charge is 0.493 e. The number of carboxylic acids is 1. The average Bonchev–Trinajstić information content (AvgIpc) is 3.45. The molecule has 6 heteroatoms. The zero-order chi connectivity index (χ0) is 20.7. The second-order valence-electron chi connectivity index (χ2n) is 7.96. The highest BCUT2D eigenvalue weighted by Crippen LogP contribution is 2.57. The lowest BCUT2D eigenvalue weighted by Crippen LogP contribution is -2.26. The SMILES string of the molecule is CN(c1ccccc1)c1ccc2c(c1)OCCC21CC1Nc1cnccc1C(=O)O. The Morgan fingerprint density at radius 1 is 1.20 bits per heavy atom. The van der Waals surface area contributed by atoms with Crippen molar-refractivity contribution in [2.75, 3.05) is 23.9 Å². The first-order valence-electron chi connectivity index (χ1n) is 10.1. The van der Waals surface area contributed by atoms with Gasteiger partial charge in [-0.3, -0.25) is 4.98 Å². The van der Waals surface area contributed by atoms with E-state index >= 15 is 0 Å². The molecule has 1 saturated carbocycles. The van der Waals surface area contributed by atoms with E-state index in [1.54, 1.807) is 6.20 Å². The smallest absolute Gasteiger partial charge is 0.337 e. The van der Waals surface area contributed by atoms with Crippen LogP contribution in [0.2, 0.25) is 0 Å². The van der Waals surface area contributed by atoms with E-state index in [1.807, 2.05) is 25.2 Å². The number of hydrogen-bond acceptors (Lipinski definition) is 5. The Hall–Kier alpha value is -3.54. The van der Waals surface area contributed by atoms with Crippen molar-refractivity contribution < 1.29 is 14.6 Å². The van der Waals surface area contributed by atoms with Gasteiger partial charge >= 0.3 is 5.97 Å². The molecule has 6 nitrogen and oxygen atoms in total. The molecule has 0 amide bonds. The van der Waals surface area contributed by atoms with Crippen molar-refractivity contribution in [2.24, 2.45) is 0 Å². The number of carboxylic acid groups (broad SMARTS) is 1. The summed E-state index contributed by atoms with van der Waals surface area (Å²) in [4.78, 5) is 17.7. The monoisotopic (exact) mass is 401 g/mol. The molecule has 1 fully saturated rings. The fraction of sp³-hybridized carbons (Fsp3) is 0.250. The number of anilines is 3. The summed E-state index contributed by atoms with van der Waals surface area (Å²) in [5, 5.41) is 12.9. The molecule has 5 rings (SSSR count). The second-order valence-corrected chi connectivity index (χ2v) is 7.96. The summed E-state index contributed by atoms with van der Waals surface area (Å²) in [5.41, 5.74) is 4.18. The van der Waals surface area contributed by atoms with Gasteiger partial charge in [0, 0.05) is 47.7 Å². The number of aromatic carboxylic acids is 1. The third-order valence-corrected chi connectivity index (χ3v) is 6.29. The molecule has 2 atom stereocenters. The third kappa shape index (κ3) is 3.05. The van der Waals surface area contributed by atoms with Gasteiger partial charge in [0.15, 0.2) is 0 Å². The van der Waals surface area contributed by atoms with Crippen LogP contribution in [0.25, 0.3) is 0 Å². The second kappa shape index (κ2) is 7.06. The van der Waals surface area contributed by atoms with Crippen molar-refractivity contribution in [2.45, 2.75) is 24.3 Å². The summed E-state index contributed by atoms with van der Waals surface area (Å²) >= 11 is 0. The van der Waals surface area contributed by atoms with E-state index in [-0.39, 0.29) is 17.0 Å². The first-order valence-corrected chi connectivity index (χ1v) is 10.1. The van der Waals surface area contributed by atoms with E-state index in [2.05, 4.69) is 45.5 Å². The zero-order valence-electron chi connectivity index (χ0n) is 16.7. The molecule has 2 aliphatic rings. The summed E-state index contributed by atoms with van der Waals surface area (Å²) in [6, 6.07) is 18.3. The first kappa shape index (κ1) is 18.5. The van der Waals surface area contributed by atoms with Gasteiger partial charge in [-0.15, -0.1) is 0 Å². The van der Waals surface area contributed by atoms with E-state index in [1.165, 1.54) is 17.8 Å². The number of nitrogens with one attached hydrogen (secondary N) is 1. The van der Waals surface area contributed by atoms with Crippen molar-refractivity contribution >= 4 is 23.0 Å². The van der Waals surface area contributed by atoms with Crippen LogP contribution in [-0.2, 0) is 5.41 Å². The number of rotatable bonds is 5. The molecule has 1 spiro atoms. The van der Waals surface area contributed by atoms with Crippen LogP contribution in [0.15, 0.2) is 67.0 Å². The van der Waals surface area contributed by atoms with Gasteiger partial charge in [0.1, 0.15) is 5.75 Å². The average molecular weight is 401 g/mol. The Bertz CT molecular complexity index is 1100. The van der Waals surface area contributed by atoms with Crippen LogP contribution >= 0.6 is 0 Å². The van der Waals surface area contributed by atoms with Gasteiger partial charge in [0.2, 0.25) is 0 Å². The molecule has 152 valence electrons. The van der Waals surface area contributed by atoms with Crippen molar-refractivity contribution in [1.82, 2.24) is 4.98 Å². The van der Waals surface area contributed by atoms with Crippen LogP contribution in [0.4, 0.5) is 17.1 Å². The summed E-state index contributed by atoms with van der Waals surface area (Å²) in [6.07, 6.45) is 4.96. The minimum atomic E-state index is -0.949. The Morgan fingerprint density at radius 3 is 2.83 bits per heavy atom. The Labute approximate surface area is 175 Å². The lowest BCUT2D eigenvalue weighted by molar-refractivity contribution is 0.0697. The van der Waals surface area contributed by atoms with Gasteiger partial charge in [0.25, 0.3) is 0 Å². The summed E-state index contributed by atoms with van der Waals surface area (Å²) in [6.45, 7) is 0.655. The number of fused-ring (bicyclic) bond motifs is 2. The lowest BCUT2D eigenvalue weighted by Gasteiger charge is -2.29. The van der Waals surface area contributed by atoms with Gasteiger partial charge in [-0.2, -0.15) is 0 Å². The highest BCUT2D eigenvalue weighted by atomic mass is 16.5. The predicted octanol–water partition coefficient (Wildman–Crippen LogP) is 4.45. The number of carbonyl (C=O) groups is 1. The topological polar surface area (TPSA) is 74.7 Å². The molecule has 2 unspecified atom stereocenters. The fourth-order valence-corrected chi connectivity index (χ4v) is 4.48. The summed E-state index contributed by atoms with van der Waals surface area (Å²) < 4.78 is 6.03. The number of benzene rings is 2. The third-order valence-electron chi connectivity index (χ3n) is 6.29. The molecule has 0 radical (unpaired) electrons. The van der Waals surface area contributed by atoms with Crippen LogP contribution in [0, 0.1) is 0 Å². The van der Waals surface area contributed by atoms with Gasteiger partial charge in [0.05, 0.1) is 24.1 Å². The van der Waals surface area contributed by atoms with E-state index in [4.69, 9.17) is 4.74 Å². The van der Waals surface area contributed by atoms with Crippen LogP contribution in [0.3, 0.4) is 0 Å². The van der Waals surface area contributed by atoms with E-state index in [0.717, 1.165) is 30.0 Å². The summed E-state index contributed by atoms with van der Waals surface area (Å²) in [7, 11) is 2.05. The van der Waals surface area contributed by atoms with Gasteiger partial charge in [-0.1, -0.05) is 24.3 Å². The van der Waals surface area contributed by atoms with Crippen molar-refractivity contribution in [3.63, 3.8) is 0 Å². The molecule has 1 aliphatic heterocycles. The lowest BCUT2D eigenvalue weighted by atomic mass is 9.88. The molecule has 2 heterocycles. The standard InChI is InChI=1S/C24H23N3O3/c1-27(16-5-3-2-4-6-16)17-7-8-19-21(13-17)30-12-10-24(19)14-22(24)26-20-15-25-11-9-18(20)23(28)29/h2-9,11,13,15,22,26H,10,12,14H2,1H3,(H,28,29). The quantitative estimate of drug-likeness (QED) is 0.658. The maximum Gasteiger partial charge on any atom is 0.337 e. The number of hydrogen-bond donors (Lipinski definition) is 2. The number of aromatic nitrogens is 1. The van der Waals surface area contributed by atoms with Crippen LogP contribution < -0.4 is 15.0 Å². The molecule has 30 heavy (non-hydrogen) atoms. The molecule has 0 bridgehead atoms. The number of nitrogens with zero attached hydrogens (tertiary/aromatic N) is 2. The molecular formula is C24H23N3O3. The molecule has 2 N–H and O–H groups in total. The van der Waals surface area contributed by atoms with Crippen LogP contribution in [0.1, 0.15) is 28.8 Å². The molecule has 0 saturated heterocycles. The fourth-order valence-electron chi connectivity index (χ4n) is 4.48. The number of para-hydroxylation sites is 1. The van der Waals surface area contributed by atoms with Crippen LogP contribution in [0.5, 0.6) is 5.75 Å². The highest BCUT2D eigenvalue weighted by molar-refractivity contribution is 5.94. The predicted molar refractivity (Wildman–Crippen MR) is 116 cm³/mol. The van der Waals surface area contributed by atoms with Crippen LogP contribution in [-0.4, -0.2) is 35.8 Å². The Kier molecular flexibility index (Phi) is 4.35. The van der Waals surface area contributed by atoms with E-state index < -0.39 is 5.97 Å². The van der Waals surface area contributed by atoms with Crippen molar-refractivity contribution in [1.29, 1.82) is 0 Å². The Morgan fingerprint density at radius 2 is 2.03 bits per heavy atom. The first-order chi connectivity index (χ1) is 14.6. The highest BCUT2D eigenvalue weighted by Gasteiger charge is 2.58. The van der Waals surface area contributed by atoms with Gasteiger partial charge in [-0.05, 0) is 37.1 Å². The minimum absolute atomic E-state index is 0.0248. The van der Waals surface area contributed by atoms with Gasteiger partial charge < -0.3 is 20.1 Å². The van der Waals surface area contributed by atoms with E-state index in [0.29, 0.717) is 12.3 Å². The summed E-state index contributed by atoms with van der Waals surface area (Å²) in [5.74, 6) is -0.0361. The molecular weight excluding hydrogens is 378 g/mol. The number of ether oxygens (including phenoxy) is 1. The molecule has 1 aliphatic carbocycles. The maximum atomic E-state index is 11.5. The number of pyridine rings is 1. The van der Waals surface area contributed by atoms with Gasteiger partial charge in [-0.25, -0.2) is 4.79 Å². The minimum Gasteiger partial charge on any atom is -0.493 e. The normalized spacial score (nSPS) is 21.4. The van der Waals surface area contributed by atoms with E-state index in [9.17, 15) is 9.90 Å². The molecule has 3 aromatic rings. The molecule has 2 aromatic carbocycles. The maximum absolute atomic E-state index is 11.5.